The highest BCUT2D eigenvalue weighted by atomic mass is 16.6. The largest absolute Gasteiger partial charge is 0.274 e. The summed E-state index contributed by atoms with van der Waals surface area (Å²) in [5, 5.41) is 0. The van der Waals surface area contributed by atoms with Gasteiger partial charge in [-0.1, -0.05) is 6.07 Å². The molecule has 0 aliphatic heterocycles. The van der Waals surface area contributed by atoms with Gasteiger partial charge in [-0.3, -0.25) is 9.63 Å². The van der Waals surface area contributed by atoms with E-state index in [0.717, 1.165) is 12.8 Å². The lowest BCUT2D eigenvalue weighted by Crippen LogP contribution is -2.23. The van der Waals surface area contributed by atoms with Crippen molar-refractivity contribution in [2.75, 3.05) is 6.61 Å². The molecule has 3 heteroatoms. The number of nitrogens with one attached hydrogen (secondary N) is 1. The Morgan fingerprint density at radius 2 is 2.20 bits per heavy atom. The number of hydrogen-bond acceptors (Lipinski definition) is 2. The van der Waals surface area contributed by atoms with Gasteiger partial charge in [-0.15, -0.1) is 0 Å². The highest BCUT2D eigenvalue weighted by Crippen LogP contribution is 2.22. The minimum absolute atomic E-state index is 0.161. The molecule has 15 heavy (non-hydrogen) atoms. The van der Waals surface area contributed by atoms with Gasteiger partial charge in [0.25, 0.3) is 5.91 Å². The molecule has 1 aliphatic carbocycles. The number of fused-ring (bicyclic) bond motifs is 1. The van der Waals surface area contributed by atoms with Gasteiger partial charge in [0.1, 0.15) is 0 Å². The van der Waals surface area contributed by atoms with Crippen molar-refractivity contribution in [1.29, 1.82) is 0 Å². The molecule has 0 saturated carbocycles. The van der Waals surface area contributed by atoms with Crippen molar-refractivity contribution in [1.82, 2.24) is 5.48 Å². The second-order valence-corrected chi connectivity index (χ2v) is 3.70. The third-order valence-corrected chi connectivity index (χ3v) is 2.67. The Bertz CT molecular complexity index is 374. The zero-order chi connectivity index (χ0) is 10.7. The average molecular weight is 205 g/mol. The Morgan fingerprint density at radius 1 is 1.40 bits per heavy atom. The van der Waals surface area contributed by atoms with Crippen LogP contribution in [0.25, 0.3) is 0 Å². The first-order chi connectivity index (χ1) is 7.31. The summed E-state index contributed by atoms with van der Waals surface area (Å²) in [7, 11) is 0. The average Bonchev–Trinajstić information content (AvgIpc) is 2.72. The van der Waals surface area contributed by atoms with Crippen molar-refractivity contribution >= 4 is 5.91 Å². The van der Waals surface area contributed by atoms with Crippen LogP contribution in [0.15, 0.2) is 18.2 Å². The summed E-state index contributed by atoms with van der Waals surface area (Å²) in [6, 6.07) is 5.87. The van der Waals surface area contributed by atoms with Gasteiger partial charge in [0.2, 0.25) is 0 Å². The number of benzene rings is 1. The van der Waals surface area contributed by atoms with Crippen molar-refractivity contribution in [2.45, 2.75) is 26.2 Å². The van der Waals surface area contributed by atoms with Crippen LogP contribution < -0.4 is 5.48 Å². The molecule has 1 aromatic rings. The maximum absolute atomic E-state index is 11.6. The normalized spacial score (nSPS) is 13.7. The predicted molar refractivity (Wildman–Crippen MR) is 57.6 cm³/mol. The first kappa shape index (κ1) is 10.2. The molecule has 0 bridgehead atoms. The summed E-state index contributed by atoms with van der Waals surface area (Å²) < 4.78 is 0. The number of carbonyl (C=O) groups excluding carboxylic acids is 1. The van der Waals surface area contributed by atoms with Crippen LogP contribution >= 0.6 is 0 Å². The first-order valence-electron chi connectivity index (χ1n) is 5.35. The highest BCUT2D eigenvalue weighted by Gasteiger charge is 2.13. The van der Waals surface area contributed by atoms with Crippen LogP contribution in [0.2, 0.25) is 0 Å². The summed E-state index contributed by atoms with van der Waals surface area (Å²) in [6.45, 7) is 2.32. The van der Waals surface area contributed by atoms with Crippen LogP contribution in [0.4, 0.5) is 0 Å². The molecule has 0 aromatic heterocycles. The molecule has 0 spiro atoms. The van der Waals surface area contributed by atoms with E-state index in [1.807, 2.05) is 25.1 Å². The lowest BCUT2D eigenvalue weighted by molar-refractivity contribution is 0.0364. The standard InChI is InChI=1S/C12H15NO2/c1-2-15-13-12(14)11-7-6-9-4-3-5-10(9)8-11/h6-8H,2-5H2,1H3,(H,13,14). The van der Waals surface area contributed by atoms with Crippen LogP contribution in [-0.2, 0) is 17.7 Å². The van der Waals surface area contributed by atoms with Crippen molar-refractivity contribution in [3.8, 4) is 0 Å². The molecule has 0 saturated heterocycles. The Morgan fingerprint density at radius 3 is 3.00 bits per heavy atom. The van der Waals surface area contributed by atoms with Crippen LogP contribution in [0.3, 0.4) is 0 Å². The summed E-state index contributed by atoms with van der Waals surface area (Å²) in [5.41, 5.74) is 5.77. The molecule has 3 nitrogen and oxygen atoms in total. The molecule has 1 aliphatic rings. The Hall–Kier alpha value is -1.35. The number of hydrogen-bond donors (Lipinski definition) is 1. The molecule has 0 atom stereocenters. The van der Waals surface area contributed by atoms with Crippen molar-refractivity contribution in [3.63, 3.8) is 0 Å². The van der Waals surface area contributed by atoms with Gasteiger partial charge in [0.05, 0.1) is 6.61 Å². The Kier molecular flexibility index (Phi) is 3.02. The monoisotopic (exact) mass is 205 g/mol. The van der Waals surface area contributed by atoms with E-state index in [9.17, 15) is 4.79 Å². The third-order valence-electron chi connectivity index (χ3n) is 2.67. The van der Waals surface area contributed by atoms with E-state index in [1.54, 1.807) is 0 Å². The number of carbonyl (C=O) groups is 1. The minimum Gasteiger partial charge on any atom is -0.274 e. The summed E-state index contributed by atoms with van der Waals surface area (Å²) in [4.78, 5) is 16.4. The van der Waals surface area contributed by atoms with E-state index in [2.05, 4.69) is 5.48 Å². The van der Waals surface area contributed by atoms with Gasteiger partial charge in [0.15, 0.2) is 0 Å². The molecule has 80 valence electrons. The molecular formula is C12H15NO2. The van der Waals surface area contributed by atoms with E-state index < -0.39 is 0 Å². The quantitative estimate of drug-likeness (QED) is 0.765. The zero-order valence-electron chi connectivity index (χ0n) is 8.88. The predicted octanol–water partition coefficient (Wildman–Crippen LogP) is 1.86. The Balaban J connectivity index is 2.12. The SMILES string of the molecule is CCONC(=O)c1ccc2c(c1)CCC2. The Labute approximate surface area is 89.4 Å². The van der Waals surface area contributed by atoms with E-state index >= 15 is 0 Å². The van der Waals surface area contributed by atoms with E-state index in [-0.39, 0.29) is 5.91 Å². The topological polar surface area (TPSA) is 38.3 Å². The van der Waals surface area contributed by atoms with E-state index in [4.69, 9.17) is 4.84 Å². The minimum atomic E-state index is -0.161. The van der Waals surface area contributed by atoms with Gasteiger partial charge in [-0.2, -0.15) is 0 Å². The van der Waals surface area contributed by atoms with Crippen molar-refractivity contribution < 1.29 is 9.63 Å². The number of aryl methyl sites for hydroxylation is 2. The fourth-order valence-electron chi connectivity index (χ4n) is 1.91. The van der Waals surface area contributed by atoms with Crippen LogP contribution in [0.5, 0.6) is 0 Å². The first-order valence-corrected chi connectivity index (χ1v) is 5.35. The number of rotatable bonds is 3. The highest BCUT2D eigenvalue weighted by molar-refractivity contribution is 5.93. The van der Waals surface area contributed by atoms with Gasteiger partial charge >= 0.3 is 0 Å². The second-order valence-electron chi connectivity index (χ2n) is 3.70. The molecule has 1 aromatic carbocycles. The molecule has 0 heterocycles. The van der Waals surface area contributed by atoms with Gasteiger partial charge < -0.3 is 0 Å². The van der Waals surface area contributed by atoms with E-state index in [1.165, 1.54) is 17.5 Å². The fraction of sp³-hybridized carbons (Fsp3) is 0.417. The van der Waals surface area contributed by atoms with Crippen molar-refractivity contribution in [3.05, 3.63) is 34.9 Å². The van der Waals surface area contributed by atoms with Crippen LogP contribution in [0, 0.1) is 0 Å². The molecule has 0 unspecified atom stereocenters. The second kappa shape index (κ2) is 4.45. The van der Waals surface area contributed by atoms with Gasteiger partial charge in [0, 0.05) is 5.56 Å². The van der Waals surface area contributed by atoms with Gasteiger partial charge in [-0.25, -0.2) is 5.48 Å². The van der Waals surface area contributed by atoms with Crippen LogP contribution in [0.1, 0.15) is 34.8 Å². The number of hydroxylamine groups is 1. The third kappa shape index (κ3) is 2.18. The van der Waals surface area contributed by atoms with Crippen molar-refractivity contribution in [2.24, 2.45) is 0 Å². The molecule has 0 radical (unpaired) electrons. The van der Waals surface area contributed by atoms with Gasteiger partial charge in [-0.05, 0) is 49.4 Å². The smallest absolute Gasteiger partial charge is 0.274 e. The molecule has 1 amide bonds. The zero-order valence-corrected chi connectivity index (χ0v) is 8.88. The fourth-order valence-corrected chi connectivity index (χ4v) is 1.91. The molecule has 1 N–H and O–H groups in total. The van der Waals surface area contributed by atoms with Crippen LogP contribution in [-0.4, -0.2) is 12.5 Å². The molecule has 0 fully saturated rings. The van der Waals surface area contributed by atoms with E-state index in [0.29, 0.717) is 12.2 Å². The maximum atomic E-state index is 11.6. The number of amides is 1. The lowest BCUT2D eigenvalue weighted by atomic mass is 10.1. The molecule has 2 rings (SSSR count). The maximum Gasteiger partial charge on any atom is 0.274 e. The summed E-state index contributed by atoms with van der Waals surface area (Å²) in [6.07, 6.45) is 3.43. The molecular weight excluding hydrogens is 190 g/mol. The lowest BCUT2D eigenvalue weighted by Gasteiger charge is -2.05. The summed E-state index contributed by atoms with van der Waals surface area (Å²) >= 11 is 0. The summed E-state index contributed by atoms with van der Waals surface area (Å²) in [5.74, 6) is -0.161.